The van der Waals surface area contributed by atoms with E-state index < -0.39 is 10.0 Å². The summed E-state index contributed by atoms with van der Waals surface area (Å²) in [6.45, 7) is 6.94. The predicted molar refractivity (Wildman–Crippen MR) is 121 cm³/mol. The number of rotatable bonds is 10. The lowest BCUT2D eigenvalue weighted by Gasteiger charge is -2.17. The Hall–Kier alpha value is -0.580. The number of aliphatic imine (C=N–C) groups is 1. The Kier molecular flexibility index (Phi) is 13.3. The first-order valence-corrected chi connectivity index (χ1v) is 10.8. The van der Waals surface area contributed by atoms with Gasteiger partial charge in [0, 0.05) is 37.7 Å². The van der Waals surface area contributed by atoms with Crippen LogP contribution in [-0.2, 0) is 16.4 Å². The molecule has 0 aliphatic heterocycles. The van der Waals surface area contributed by atoms with Gasteiger partial charge >= 0.3 is 0 Å². The van der Waals surface area contributed by atoms with Crippen LogP contribution >= 0.6 is 35.6 Å². The molecule has 150 valence electrons. The number of guanidine groups is 1. The molecule has 0 saturated carbocycles. The van der Waals surface area contributed by atoms with Crippen LogP contribution in [-0.4, -0.2) is 57.7 Å². The van der Waals surface area contributed by atoms with Crippen LogP contribution in [0, 0.1) is 0 Å². The Balaban J connectivity index is 0.00000625. The van der Waals surface area contributed by atoms with E-state index >= 15 is 0 Å². The number of sulfonamides is 1. The molecular formula is C17H30ClIN4O2S. The van der Waals surface area contributed by atoms with Gasteiger partial charge in [0.1, 0.15) is 0 Å². The lowest BCUT2D eigenvalue weighted by molar-refractivity contribution is 0.427. The van der Waals surface area contributed by atoms with Crippen molar-refractivity contribution < 1.29 is 8.42 Å². The Morgan fingerprint density at radius 3 is 2.38 bits per heavy atom. The first-order valence-electron chi connectivity index (χ1n) is 8.58. The highest BCUT2D eigenvalue weighted by Crippen LogP contribution is 2.09. The molecule has 0 saturated heterocycles. The summed E-state index contributed by atoms with van der Waals surface area (Å²) in [6.07, 6.45) is 2.80. The summed E-state index contributed by atoms with van der Waals surface area (Å²) in [5, 5.41) is 7.22. The van der Waals surface area contributed by atoms with Crippen LogP contribution in [0.25, 0.3) is 0 Å². The molecule has 26 heavy (non-hydrogen) atoms. The Labute approximate surface area is 179 Å². The van der Waals surface area contributed by atoms with Crippen molar-refractivity contribution >= 4 is 51.6 Å². The molecule has 0 aliphatic rings. The average molecular weight is 517 g/mol. The summed E-state index contributed by atoms with van der Waals surface area (Å²) >= 11 is 5.88. The van der Waals surface area contributed by atoms with Crippen molar-refractivity contribution in [3.05, 3.63) is 34.9 Å². The maximum absolute atomic E-state index is 11.5. The summed E-state index contributed by atoms with van der Waals surface area (Å²) in [4.78, 5) is 4.50. The second-order valence-electron chi connectivity index (χ2n) is 5.67. The van der Waals surface area contributed by atoms with Crippen LogP contribution in [0.2, 0.25) is 5.02 Å². The van der Waals surface area contributed by atoms with E-state index in [0.29, 0.717) is 26.1 Å². The van der Waals surface area contributed by atoms with Crippen molar-refractivity contribution in [3.63, 3.8) is 0 Å². The topological polar surface area (TPSA) is 73.8 Å². The molecule has 0 spiro atoms. The van der Waals surface area contributed by atoms with Crippen molar-refractivity contribution in [2.24, 2.45) is 4.99 Å². The Morgan fingerprint density at radius 1 is 1.19 bits per heavy atom. The van der Waals surface area contributed by atoms with Gasteiger partial charge in [0.05, 0.1) is 6.26 Å². The van der Waals surface area contributed by atoms with Gasteiger partial charge in [0.25, 0.3) is 0 Å². The summed E-state index contributed by atoms with van der Waals surface area (Å²) in [5.41, 5.74) is 1.21. The van der Waals surface area contributed by atoms with E-state index in [1.807, 2.05) is 38.1 Å². The molecule has 0 aliphatic carbocycles. The van der Waals surface area contributed by atoms with Crippen molar-refractivity contribution in [1.82, 2.24) is 14.9 Å². The van der Waals surface area contributed by atoms with E-state index in [1.165, 1.54) is 16.1 Å². The maximum Gasteiger partial charge on any atom is 0.211 e. The van der Waals surface area contributed by atoms with Crippen LogP contribution in [0.3, 0.4) is 0 Å². The fourth-order valence-electron chi connectivity index (χ4n) is 2.31. The monoisotopic (exact) mass is 516 g/mol. The zero-order valence-corrected chi connectivity index (χ0v) is 19.6. The van der Waals surface area contributed by atoms with Gasteiger partial charge in [-0.2, -0.15) is 0 Å². The molecule has 1 aromatic carbocycles. The third kappa shape index (κ3) is 10.5. The Bertz CT molecular complexity index is 639. The largest absolute Gasteiger partial charge is 0.357 e. The molecule has 0 atom stereocenters. The highest BCUT2D eigenvalue weighted by molar-refractivity contribution is 14.0. The number of hydrogen-bond acceptors (Lipinski definition) is 3. The first kappa shape index (κ1) is 25.4. The van der Waals surface area contributed by atoms with E-state index in [0.717, 1.165) is 30.5 Å². The summed E-state index contributed by atoms with van der Waals surface area (Å²) in [5.74, 6) is 0.749. The summed E-state index contributed by atoms with van der Waals surface area (Å²) in [7, 11) is -3.13. The number of nitrogens with one attached hydrogen (secondary N) is 2. The second kappa shape index (κ2) is 13.6. The highest BCUT2D eigenvalue weighted by atomic mass is 127. The van der Waals surface area contributed by atoms with Gasteiger partial charge in [-0.25, -0.2) is 12.7 Å². The maximum atomic E-state index is 11.5. The zero-order chi connectivity index (χ0) is 18.7. The van der Waals surface area contributed by atoms with Gasteiger partial charge in [-0.15, -0.1) is 24.0 Å². The summed E-state index contributed by atoms with van der Waals surface area (Å²) in [6, 6.07) is 7.80. The molecule has 9 heteroatoms. The van der Waals surface area contributed by atoms with E-state index in [-0.39, 0.29) is 24.0 Å². The molecule has 1 aromatic rings. The predicted octanol–water partition coefficient (Wildman–Crippen LogP) is 2.73. The van der Waals surface area contributed by atoms with Crippen molar-refractivity contribution in [3.8, 4) is 0 Å². The standard InChI is InChI=1S/C17H29ClN4O2S.HI/c1-4-19-17(20-12-6-14-22(5-2)25(3,23)24)21-13-11-15-7-9-16(18)10-8-15;/h7-10H,4-6,11-14H2,1-3H3,(H2,19,20,21);1H. The number of benzene rings is 1. The van der Waals surface area contributed by atoms with Gasteiger partial charge in [-0.3, -0.25) is 4.99 Å². The van der Waals surface area contributed by atoms with Gasteiger partial charge in [-0.05, 0) is 37.5 Å². The van der Waals surface area contributed by atoms with Crippen LogP contribution < -0.4 is 10.6 Å². The number of hydrogen-bond donors (Lipinski definition) is 2. The minimum atomic E-state index is -3.13. The molecule has 0 bridgehead atoms. The van der Waals surface area contributed by atoms with Crippen LogP contribution in [0.1, 0.15) is 25.8 Å². The average Bonchev–Trinajstić information content (AvgIpc) is 2.55. The van der Waals surface area contributed by atoms with Gasteiger partial charge in [0.2, 0.25) is 10.0 Å². The molecular weight excluding hydrogens is 487 g/mol. The molecule has 0 heterocycles. The quantitative estimate of drug-likeness (QED) is 0.217. The van der Waals surface area contributed by atoms with Gasteiger partial charge in [-0.1, -0.05) is 30.7 Å². The van der Waals surface area contributed by atoms with E-state index in [9.17, 15) is 8.42 Å². The molecule has 2 N–H and O–H groups in total. The van der Waals surface area contributed by atoms with E-state index in [4.69, 9.17) is 11.6 Å². The molecule has 0 fully saturated rings. The van der Waals surface area contributed by atoms with Crippen molar-refractivity contribution in [2.45, 2.75) is 26.7 Å². The summed E-state index contributed by atoms with van der Waals surface area (Å²) < 4.78 is 24.6. The van der Waals surface area contributed by atoms with Crippen LogP contribution in [0.4, 0.5) is 0 Å². The van der Waals surface area contributed by atoms with Crippen molar-refractivity contribution in [1.29, 1.82) is 0 Å². The first-order chi connectivity index (χ1) is 11.9. The molecule has 1 rings (SSSR count). The smallest absolute Gasteiger partial charge is 0.211 e. The molecule has 0 aromatic heterocycles. The van der Waals surface area contributed by atoms with Crippen molar-refractivity contribution in [2.75, 3.05) is 39.0 Å². The zero-order valence-electron chi connectivity index (χ0n) is 15.7. The third-order valence-electron chi connectivity index (χ3n) is 3.62. The van der Waals surface area contributed by atoms with E-state index in [1.54, 1.807) is 0 Å². The molecule has 0 amide bonds. The molecule has 6 nitrogen and oxygen atoms in total. The van der Waals surface area contributed by atoms with Crippen LogP contribution in [0.15, 0.2) is 29.3 Å². The fourth-order valence-corrected chi connectivity index (χ4v) is 3.37. The fraction of sp³-hybridized carbons (Fsp3) is 0.588. The normalized spacial score (nSPS) is 12.0. The lowest BCUT2D eigenvalue weighted by Crippen LogP contribution is -2.38. The lowest BCUT2D eigenvalue weighted by atomic mass is 10.1. The van der Waals surface area contributed by atoms with E-state index in [2.05, 4.69) is 15.6 Å². The highest BCUT2D eigenvalue weighted by Gasteiger charge is 2.12. The molecule has 0 unspecified atom stereocenters. The number of halogens is 2. The minimum absolute atomic E-state index is 0. The third-order valence-corrected chi connectivity index (χ3v) is 5.25. The minimum Gasteiger partial charge on any atom is -0.357 e. The second-order valence-corrected chi connectivity index (χ2v) is 8.09. The van der Waals surface area contributed by atoms with Crippen LogP contribution in [0.5, 0.6) is 0 Å². The number of nitrogens with zero attached hydrogens (tertiary/aromatic N) is 2. The Morgan fingerprint density at radius 2 is 1.85 bits per heavy atom. The molecule has 0 radical (unpaired) electrons. The van der Waals surface area contributed by atoms with Gasteiger partial charge < -0.3 is 10.6 Å². The SMILES string of the molecule is CCNC(=NCCCN(CC)S(C)(=O)=O)NCCc1ccc(Cl)cc1.I. The van der Waals surface area contributed by atoms with Gasteiger partial charge in [0.15, 0.2) is 5.96 Å².